The number of halogens is 2. The first-order chi connectivity index (χ1) is 15.2. The smallest absolute Gasteiger partial charge is 0.257 e. The Labute approximate surface area is 187 Å². The molecule has 9 heteroatoms. The van der Waals surface area contributed by atoms with Gasteiger partial charge in [-0.3, -0.25) is 14.6 Å². The lowest BCUT2D eigenvalue weighted by atomic mass is 10.1. The van der Waals surface area contributed by atoms with Crippen LogP contribution in [0.4, 0.5) is 21.6 Å². The number of nitrogens with one attached hydrogen (secondary N) is 2. The molecule has 0 aliphatic carbocycles. The van der Waals surface area contributed by atoms with Gasteiger partial charge in [0, 0.05) is 47.5 Å². The number of pyridine rings is 2. The van der Waals surface area contributed by atoms with E-state index in [0.717, 1.165) is 0 Å². The molecule has 2 heterocycles. The van der Waals surface area contributed by atoms with Crippen LogP contribution in [0.15, 0.2) is 59.5 Å². The van der Waals surface area contributed by atoms with Crippen LogP contribution in [0, 0.1) is 5.82 Å². The van der Waals surface area contributed by atoms with E-state index >= 15 is 0 Å². The number of hydrogen-bond donors (Lipinski definition) is 3. The number of aromatic amines is 1. The van der Waals surface area contributed by atoms with Gasteiger partial charge in [-0.05, 0) is 48.5 Å². The van der Waals surface area contributed by atoms with E-state index in [0.29, 0.717) is 38.7 Å². The fraction of sp³-hybridized carbons (Fsp3) is 0.0870. The van der Waals surface area contributed by atoms with E-state index in [9.17, 15) is 14.0 Å². The summed E-state index contributed by atoms with van der Waals surface area (Å²) >= 11 is 6.03. The Bertz CT molecular complexity index is 1420. The maximum Gasteiger partial charge on any atom is 0.257 e. The number of hydrogen-bond acceptors (Lipinski definition) is 5. The van der Waals surface area contributed by atoms with E-state index in [-0.39, 0.29) is 11.1 Å². The average Bonchev–Trinajstić information content (AvgIpc) is 2.76. The monoisotopic (exact) mass is 451 g/mol. The predicted molar refractivity (Wildman–Crippen MR) is 125 cm³/mol. The molecular formula is C23H19ClFN5O2. The third-order valence-corrected chi connectivity index (χ3v) is 5.22. The van der Waals surface area contributed by atoms with Crippen molar-refractivity contribution in [2.45, 2.75) is 0 Å². The first kappa shape index (κ1) is 21.3. The lowest BCUT2D eigenvalue weighted by Crippen LogP contribution is -2.20. The molecule has 0 aliphatic heterocycles. The van der Waals surface area contributed by atoms with Gasteiger partial charge in [0.1, 0.15) is 11.6 Å². The van der Waals surface area contributed by atoms with Crippen molar-refractivity contribution < 1.29 is 9.18 Å². The van der Waals surface area contributed by atoms with Gasteiger partial charge in [-0.25, -0.2) is 4.39 Å². The van der Waals surface area contributed by atoms with E-state index in [1.54, 1.807) is 55.5 Å². The highest BCUT2D eigenvalue weighted by atomic mass is 35.5. The van der Waals surface area contributed by atoms with Crippen molar-refractivity contribution in [3.8, 4) is 11.1 Å². The first-order valence-corrected chi connectivity index (χ1v) is 9.98. The Morgan fingerprint density at radius 1 is 1.09 bits per heavy atom. The van der Waals surface area contributed by atoms with Crippen LogP contribution in [0.2, 0.25) is 5.02 Å². The maximum absolute atomic E-state index is 14.5. The molecule has 4 aromatic rings. The molecule has 4 rings (SSSR count). The Kier molecular flexibility index (Phi) is 5.54. The summed E-state index contributed by atoms with van der Waals surface area (Å²) in [4.78, 5) is 33.2. The molecule has 0 atom stereocenters. The minimum atomic E-state index is -0.566. The number of carbonyl (C=O) groups is 1. The summed E-state index contributed by atoms with van der Waals surface area (Å²) in [6, 6.07) is 12.3. The van der Waals surface area contributed by atoms with E-state index in [1.807, 2.05) is 0 Å². The molecule has 32 heavy (non-hydrogen) atoms. The third-order valence-electron chi connectivity index (χ3n) is 4.98. The molecule has 0 saturated carbocycles. The topological polar surface area (TPSA) is 104 Å². The van der Waals surface area contributed by atoms with Crippen molar-refractivity contribution in [3.63, 3.8) is 0 Å². The highest BCUT2D eigenvalue weighted by molar-refractivity contribution is 6.30. The Morgan fingerprint density at radius 3 is 2.59 bits per heavy atom. The zero-order valence-electron chi connectivity index (χ0n) is 17.2. The number of amides is 1. The molecule has 162 valence electrons. The standard InChI is InChI=1S/C23H19ClFN5O2/c1-30(2)22-20(11-15(23(32)29-22)14-10-13(24)4-5-17(14)25)28-19-7-8-27-18-6-3-12(21(26)31)9-16(18)19/h3-11H,1-2H3,(H2,26,31)(H,27,28)(H,29,32). The van der Waals surface area contributed by atoms with Gasteiger partial charge in [-0.2, -0.15) is 0 Å². The predicted octanol–water partition coefficient (Wildman–Crippen LogP) is 4.29. The van der Waals surface area contributed by atoms with E-state index < -0.39 is 17.3 Å². The van der Waals surface area contributed by atoms with Crippen LogP contribution in [0.5, 0.6) is 0 Å². The van der Waals surface area contributed by atoms with Crippen LogP contribution in [-0.4, -0.2) is 30.0 Å². The van der Waals surface area contributed by atoms with E-state index in [2.05, 4.69) is 15.3 Å². The normalized spacial score (nSPS) is 10.9. The summed E-state index contributed by atoms with van der Waals surface area (Å²) in [6.07, 6.45) is 1.62. The fourth-order valence-electron chi connectivity index (χ4n) is 3.43. The molecule has 2 aromatic carbocycles. The molecule has 0 unspecified atom stereocenters. The molecule has 0 saturated heterocycles. The highest BCUT2D eigenvalue weighted by Crippen LogP contribution is 2.33. The third kappa shape index (κ3) is 4.00. The van der Waals surface area contributed by atoms with Gasteiger partial charge in [0.2, 0.25) is 5.91 Å². The van der Waals surface area contributed by atoms with Crippen LogP contribution in [0.25, 0.3) is 22.0 Å². The number of carbonyl (C=O) groups excluding carboxylic acids is 1. The summed E-state index contributed by atoms with van der Waals surface area (Å²) in [7, 11) is 3.54. The summed E-state index contributed by atoms with van der Waals surface area (Å²) < 4.78 is 14.5. The summed E-state index contributed by atoms with van der Waals surface area (Å²) in [5.74, 6) is -0.639. The molecule has 7 nitrogen and oxygen atoms in total. The van der Waals surface area contributed by atoms with Crippen molar-refractivity contribution in [2.75, 3.05) is 24.3 Å². The molecule has 1 amide bonds. The molecule has 4 N–H and O–H groups in total. The minimum Gasteiger partial charge on any atom is -0.366 e. The number of fused-ring (bicyclic) bond motifs is 1. The van der Waals surface area contributed by atoms with Crippen LogP contribution >= 0.6 is 11.6 Å². The summed E-state index contributed by atoms with van der Waals surface area (Å²) in [6.45, 7) is 0. The minimum absolute atomic E-state index is 0.0858. The second kappa shape index (κ2) is 8.32. The van der Waals surface area contributed by atoms with Gasteiger partial charge in [-0.1, -0.05) is 11.6 Å². The van der Waals surface area contributed by atoms with Gasteiger partial charge in [-0.15, -0.1) is 0 Å². The molecule has 0 aliphatic rings. The largest absolute Gasteiger partial charge is 0.366 e. The highest BCUT2D eigenvalue weighted by Gasteiger charge is 2.16. The van der Waals surface area contributed by atoms with Crippen molar-refractivity contribution >= 4 is 45.6 Å². The molecular weight excluding hydrogens is 433 g/mol. The Balaban J connectivity index is 1.90. The number of nitrogens with zero attached hydrogens (tertiary/aromatic N) is 2. The van der Waals surface area contributed by atoms with Crippen LogP contribution < -0.4 is 21.5 Å². The van der Waals surface area contributed by atoms with Gasteiger partial charge >= 0.3 is 0 Å². The Hall–Kier alpha value is -3.91. The van der Waals surface area contributed by atoms with E-state index in [1.165, 1.54) is 18.2 Å². The lowest BCUT2D eigenvalue weighted by Gasteiger charge is -2.20. The summed E-state index contributed by atoms with van der Waals surface area (Å²) in [5.41, 5.74) is 7.30. The van der Waals surface area contributed by atoms with Crippen molar-refractivity contribution in [2.24, 2.45) is 5.73 Å². The molecule has 0 fully saturated rings. The number of rotatable bonds is 5. The quantitative estimate of drug-likeness (QED) is 0.420. The zero-order valence-corrected chi connectivity index (χ0v) is 18.0. The SMILES string of the molecule is CN(C)c1[nH]c(=O)c(-c2cc(Cl)ccc2F)cc1Nc1ccnc2ccc(C(N)=O)cc12. The fourth-order valence-corrected chi connectivity index (χ4v) is 3.60. The number of aromatic nitrogens is 2. The van der Waals surface area contributed by atoms with Crippen molar-refractivity contribution in [1.82, 2.24) is 9.97 Å². The second-order valence-corrected chi connectivity index (χ2v) is 7.81. The van der Waals surface area contributed by atoms with Crippen LogP contribution in [0.3, 0.4) is 0 Å². The Morgan fingerprint density at radius 2 is 1.88 bits per heavy atom. The van der Waals surface area contributed by atoms with Gasteiger partial charge < -0.3 is 20.9 Å². The van der Waals surface area contributed by atoms with Gasteiger partial charge in [0.25, 0.3) is 5.56 Å². The number of primary amides is 1. The number of H-pyrrole nitrogens is 1. The lowest BCUT2D eigenvalue weighted by molar-refractivity contribution is 0.100. The first-order valence-electron chi connectivity index (χ1n) is 9.60. The summed E-state index contributed by atoms with van der Waals surface area (Å²) in [5, 5.41) is 4.25. The van der Waals surface area contributed by atoms with Crippen LogP contribution in [0.1, 0.15) is 10.4 Å². The van der Waals surface area contributed by atoms with Crippen molar-refractivity contribution in [3.05, 3.63) is 81.5 Å². The van der Waals surface area contributed by atoms with Gasteiger partial charge in [0.15, 0.2) is 0 Å². The second-order valence-electron chi connectivity index (χ2n) is 7.37. The number of benzene rings is 2. The number of anilines is 3. The maximum atomic E-state index is 14.5. The molecule has 2 aromatic heterocycles. The molecule has 0 bridgehead atoms. The zero-order chi connectivity index (χ0) is 23.0. The molecule has 0 spiro atoms. The molecule has 0 radical (unpaired) electrons. The average molecular weight is 452 g/mol. The van der Waals surface area contributed by atoms with Crippen molar-refractivity contribution in [1.29, 1.82) is 0 Å². The number of nitrogens with two attached hydrogens (primary N) is 1. The van der Waals surface area contributed by atoms with Crippen LogP contribution in [-0.2, 0) is 0 Å². The van der Waals surface area contributed by atoms with E-state index in [4.69, 9.17) is 17.3 Å². The van der Waals surface area contributed by atoms with Gasteiger partial charge in [0.05, 0.1) is 16.8 Å².